The third kappa shape index (κ3) is 3.24. The topological polar surface area (TPSA) is 41.3 Å². The van der Waals surface area contributed by atoms with Crippen LogP contribution < -0.4 is 0 Å². The number of hydrogen-bond donors (Lipinski definition) is 1. The lowest BCUT2D eigenvalue weighted by molar-refractivity contribution is 0.0616. The predicted octanol–water partition coefficient (Wildman–Crippen LogP) is 1.48. The SMILES string of the molecule is CC(C)N(CCO)Cc1nccn1C(F)F. The van der Waals surface area contributed by atoms with E-state index in [1.807, 2.05) is 18.7 Å². The number of aliphatic hydroxyl groups excluding tert-OH is 1. The summed E-state index contributed by atoms with van der Waals surface area (Å²) in [5.41, 5.74) is 0. The minimum absolute atomic E-state index is 0.00751. The van der Waals surface area contributed by atoms with Gasteiger partial charge in [-0.15, -0.1) is 0 Å². The fourth-order valence-corrected chi connectivity index (χ4v) is 1.47. The monoisotopic (exact) mass is 233 g/mol. The van der Waals surface area contributed by atoms with Crippen molar-refractivity contribution in [2.24, 2.45) is 0 Å². The van der Waals surface area contributed by atoms with Gasteiger partial charge in [-0.2, -0.15) is 8.78 Å². The summed E-state index contributed by atoms with van der Waals surface area (Å²) < 4.78 is 25.9. The third-order valence-electron chi connectivity index (χ3n) is 2.42. The van der Waals surface area contributed by atoms with Crippen molar-refractivity contribution in [1.82, 2.24) is 14.5 Å². The highest BCUT2D eigenvalue weighted by Crippen LogP contribution is 2.14. The van der Waals surface area contributed by atoms with Crippen molar-refractivity contribution in [3.05, 3.63) is 18.2 Å². The minimum Gasteiger partial charge on any atom is -0.395 e. The van der Waals surface area contributed by atoms with E-state index in [-0.39, 0.29) is 12.6 Å². The Bertz CT molecular complexity index is 315. The van der Waals surface area contributed by atoms with Crippen LogP contribution in [0.5, 0.6) is 0 Å². The molecule has 0 saturated carbocycles. The van der Waals surface area contributed by atoms with Crippen LogP contribution >= 0.6 is 0 Å². The molecule has 16 heavy (non-hydrogen) atoms. The quantitative estimate of drug-likeness (QED) is 0.809. The maximum Gasteiger partial charge on any atom is 0.319 e. The molecule has 0 saturated heterocycles. The van der Waals surface area contributed by atoms with Gasteiger partial charge < -0.3 is 5.11 Å². The number of aromatic nitrogens is 2. The number of nitrogens with zero attached hydrogens (tertiary/aromatic N) is 3. The fraction of sp³-hybridized carbons (Fsp3) is 0.700. The van der Waals surface area contributed by atoms with Crippen molar-refractivity contribution in [3.63, 3.8) is 0 Å². The van der Waals surface area contributed by atoms with E-state index >= 15 is 0 Å². The van der Waals surface area contributed by atoms with Crippen molar-refractivity contribution in [2.45, 2.75) is 33.0 Å². The van der Waals surface area contributed by atoms with Crippen LogP contribution in [0.4, 0.5) is 8.78 Å². The van der Waals surface area contributed by atoms with Crippen LogP contribution in [0.2, 0.25) is 0 Å². The van der Waals surface area contributed by atoms with Crippen LogP contribution in [-0.2, 0) is 6.54 Å². The van der Waals surface area contributed by atoms with E-state index in [2.05, 4.69) is 4.98 Å². The zero-order valence-electron chi connectivity index (χ0n) is 9.48. The first-order chi connectivity index (χ1) is 7.56. The van der Waals surface area contributed by atoms with Crippen molar-refractivity contribution >= 4 is 0 Å². The van der Waals surface area contributed by atoms with Gasteiger partial charge in [-0.25, -0.2) is 4.98 Å². The molecule has 0 amide bonds. The highest BCUT2D eigenvalue weighted by atomic mass is 19.3. The molecule has 0 fully saturated rings. The summed E-state index contributed by atoms with van der Waals surface area (Å²) in [6.07, 6.45) is 2.62. The Hall–Kier alpha value is -1.01. The molecule has 1 N–H and O–H groups in total. The van der Waals surface area contributed by atoms with Crippen LogP contribution in [0.25, 0.3) is 0 Å². The van der Waals surface area contributed by atoms with Gasteiger partial charge >= 0.3 is 6.55 Å². The van der Waals surface area contributed by atoms with Crippen LogP contribution in [0.3, 0.4) is 0 Å². The van der Waals surface area contributed by atoms with Crippen LogP contribution in [0.1, 0.15) is 26.2 Å². The highest BCUT2D eigenvalue weighted by Gasteiger charge is 2.16. The number of rotatable bonds is 6. The van der Waals surface area contributed by atoms with Gasteiger partial charge in [0.1, 0.15) is 5.82 Å². The maximum atomic E-state index is 12.6. The standard InChI is InChI=1S/C10H17F2N3O/c1-8(2)14(5-6-16)7-9-13-3-4-15(9)10(11)12/h3-4,8,10,16H,5-7H2,1-2H3. The lowest BCUT2D eigenvalue weighted by atomic mass is 10.3. The number of imidazole rings is 1. The molecule has 0 spiro atoms. The summed E-state index contributed by atoms with van der Waals surface area (Å²) in [6.45, 7) is 2.11. The molecule has 1 rings (SSSR count). The van der Waals surface area contributed by atoms with E-state index in [1.165, 1.54) is 12.4 Å². The fourth-order valence-electron chi connectivity index (χ4n) is 1.47. The van der Waals surface area contributed by atoms with E-state index in [1.54, 1.807) is 0 Å². The minimum atomic E-state index is -2.57. The van der Waals surface area contributed by atoms with Gasteiger partial charge in [-0.1, -0.05) is 0 Å². The zero-order chi connectivity index (χ0) is 12.1. The van der Waals surface area contributed by atoms with Crippen LogP contribution in [0.15, 0.2) is 12.4 Å². The van der Waals surface area contributed by atoms with Gasteiger partial charge in [-0.05, 0) is 13.8 Å². The lowest BCUT2D eigenvalue weighted by Gasteiger charge is -2.25. The number of hydrogen-bond acceptors (Lipinski definition) is 3. The van der Waals surface area contributed by atoms with E-state index in [4.69, 9.17) is 5.11 Å². The number of halogens is 2. The number of aliphatic hydroxyl groups is 1. The maximum absolute atomic E-state index is 12.6. The van der Waals surface area contributed by atoms with Gasteiger partial charge in [0.2, 0.25) is 0 Å². The van der Waals surface area contributed by atoms with E-state index in [0.29, 0.717) is 18.9 Å². The summed E-state index contributed by atoms with van der Waals surface area (Å²) in [6, 6.07) is 0.176. The van der Waals surface area contributed by atoms with Crippen molar-refractivity contribution in [1.29, 1.82) is 0 Å². The first-order valence-electron chi connectivity index (χ1n) is 5.21. The van der Waals surface area contributed by atoms with E-state index in [0.717, 1.165) is 4.57 Å². The normalized spacial score (nSPS) is 12.0. The second kappa shape index (κ2) is 5.91. The van der Waals surface area contributed by atoms with Crippen molar-refractivity contribution in [3.8, 4) is 0 Å². The summed E-state index contributed by atoms with van der Waals surface area (Å²) in [5, 5.41) is 8.88. The average molecular weight is 233 g/mol. The Balaban J connectivity index is 2.73. The molecule has 0 bridgehead atoms. The van der Waals surface area contributed by atoms with E-state index < -0.39 is 6.55 Å². The Morgan fingerprint density at radius 1 is 1.50 bits per heavy atom. The molecule has 1 aromatic heterocycles. The van der Waals surface area contributed by atoms with E-state index in [9.17, 15) is 8.78 Å². The van der Waals surface area contributed by atoms with Gasteiger partial charge in [0.25, 0.3) is 0 Å². The molecular formula is C10H17F2N3O. The number of alkyl halides is 2. The summed E-state index contributed by atoms with van der Waals surface area (Å²) >= 11 is 0. The average Bonchev–Trinajstić information content (AvgIpc) is 2.65. The molecule has 1 aromatic rings. The first-order valence-corrected chi connectivity index (χ1v) is 5.21. The molecule has 0 aliphatic carbocycles. The predicted molar refractivity (Wildman–Crippen MR) is 56.1 cm³/mol. The molecule has 0 unspecified atom stereocenters. The molecule has 6 heteroatoms. The van der Waals surface area contributed by atoms with Gasteiger partial charge in [0, 0.05) is 25.0 Å². The molecule has 0 aliphatic rings. The third-order valence-corrected chi connectivity index (χ3v) is 2.42. The zero-order valence-corrected chi connectivity index (χ0v) is 9.48. The molecule has 0 radical (unpaired) electrons. The van der Waals surface area contributed by atoms with Gasteiger partial charge in [-0.3, -0.25) is 9.47 Å². The van der Waals surface area contributed by atoms with Crippen LogP contribution in [-0.4, -0.2) is 38.8 Å². The van der Waals surface area contributed by atoms with Crippen molar-refractivity contribution < 1.29 is 13.9 Å². The second-order valence-electron chi connectivity index (χ2n) is 3.82. The Labute approximate surface area is 93.5 Å². The molecule has 92 valence electrons. The lowest BCUT2D eigenvalue weighted by Crippen LogP contribution is -2.34. The summed E-state index contributed by atoms with van der Waals surface area (Å²) in [4.78, 5) is 5.79. The second-order valence-corrected chi connectivity index (χ2v) is 3.82. The Kier molecular flexibility index (Phi) is 4.82. The van der Waals surface area contributed by atoms with Gasteiger partial charge in [0.15, 0.2) is 0 Å². The molecule has 0 aromatic carbocycles. The first kappa shape index (κ1) is 13.1. The van der Waals surface area contributed by atoms with Gasteiger partial charge in [0.05, 0.1) is 13.2 Å². The summed E-state index contributed by atoms with van der Waals surface area (Å²) in [5.74, 6) is 0.317. The molecule has 4 nitrogen and oxygen atoms in total. The summed E-state index contributed by atoms with van der Waals surface area (Å²) in [7, 11) is 0. The molecule has 0 atom stereocenters. The molecule has 1 heterocycles. The Morgan fingerprint density at radius 2 is 2.19 bits per heavy atom. The smallest absolute Gasteiger partial charge is 0.319 e. The largest absolute Gasteiger partial charge is 0.395 e. The highest BCUT2D eigenvalue weighted by molar-refractivity contribution is 4.93. The van der Waals surface area contributed by atoms with Crippen LogP contribution in [0, 0.1) is 0 Å². The molecular weight excluding hydrogens is 216 g/mol. The van der Waals surface area contributed by atoms with Crippen molar-refractivity contribution in [2.75, 3.05) is 13.2 Å². The Morgan fingerprint density at radius 3 is 2.69 bits per heavy atom. The molecule has 0 aliphatic heterocycles.